The Morgan fingerprint density at radius 2 is 1.23 bits per heavy atom. The minimum Gasteiger partial charge on any atom is -0.256 e. The van der Waals surface area contributed by atoms with Crippen molar-refractivity contribution in [2.75, 3.05) is 0 Å². The Bertz CT molecular complexity index is 1140. The van der Waals surface area contributed by atoms with Crippen LogP contribution in [0.15, 0.2) is 67.1 Å². The Balaban J connectivity index is 2.24. The van der Waals surface area contributed by atoms with E-state index in [2.05, 4.69) is 57.4 Å². The second-order valence-electron chi connectivity index (χ2n) is 5.36. The molecule has 0 saturated heterocycles. The molecule has 2 aromatic heterocycles. The van der Waals surface area contributed by atoms with E-state index in [1.165, 1.54) is 10.8 Å². The zero-order chi connectivity index (χ0) is 14.5. The Kier molecular flexibility index (Phi) is 2.22. The third-order valence-electron chi connectivity index (χ3n) is 4.18. The summed E-state index contributed by atoms with van der Waals surface area (Å²) in [5.41, 5.74) is 2.83. The van der Waals surface area contributed by atoms with Crippen LogP contribution in [0, 0.1) is 0 Å². The molecule has 0 aliphatic heterocycles. The van der Waals surface area contributed by atoms with E-state index in [0.717, 1.165) is 32.7 Å². The van der Waals surface area contributed by atoms with Crippen molar-refractivity contribution in [3.8, 4) is 0 Å². The Morgan fingerprint density at radius 3 is 2.14 bits per heavy atom. The molecule has 0 radical (unpaired) electrons. The van der Waals surface area contributed by atoms with Crippen molar-refractivity contribution in [3.63, 3.8) is 0 Å². The van der Waals surface area contributed by atoms with Crippen LogP contribution in [0.25, 0.3) is 43.5 Å². The number of nitrogens with zero attached hydrogens (tertiary/aromatic N) is 3. The van der Waals surface area contributed by atoms with Gasteiger partial charge in [-0.1, -0.05) is 36.4 Å². The molecule has 0 amide bonds. The Hall–Kier alpha value is -3.07. The zero-order valence-electron chi connectivity index (χ0n) is 11.7. The van der Waals surface area contributed by atoms with Crippen molar-refractivity contribution in [1.29, 1.82) is 0 Å². The van der Waals surface area contributed by atoms with E-state index in [0.29, 0.717) is 0 Å². The standard InChI is InChI=1S/C19H11N3/c1-2-5-13-12(4-1)7-8-14-16(13)17-15(6-3-9-20-17)19-18(14)21-10-11-22-19/h1-11H. The summed E-state index contributed by atoms with van der Waals surface area (Å²) in [6.07, 6.45) is 5.33. The van der Waals surface area contributed by atoms with E-state index in [1.54, 1.807) is 12.4 Å². The van der Waals surface area contributed by atoms with Gasteiger partial charge in [0.1, 0.15) is 0 Å². The van der Waals surface area contributed by atoms with Crippen molar-refractivity contribution in [3.05, 3.63) is 67.1 Å². The third kappa shape index (κ3) is 1.42. The average molecular weight is 281 g/mol. The second-order valence-corrected chi connectivity index (χ2v) is 5.36. The van der Waals surface area contributed by atoms with E-state index < -0.39 is 0 Å². The topological polar surface area (TPSA) is 38.7 Å². The van der Waals surface area contributed by atoms with E-state index in [1.807, 2.05) is 12.3 Å². The molecule has 0 fully saturated rings. The molecule has 102 valence electrons. The van der Waals surface area contributed by atoms with Crippen molar-refractivity contribution in [1.82, 2.24) is 15.0 Å². The van der Waals surface area contributed by atoms with Gasteiger partial charge in [0.25, 0.3) is 0 Å². The van der Waals surface area contributed by atoms with Gasteiger partial charge in [-0.15, -0.1) is 0 Å². The van der Waals surface area contributed by atoms with Gasteiger partial charge in [0.05, 0.1) is 16.6 Å². The summed E-state index contributed by atoms with van der Waals surface area (Å²) in [4.78, 5) is 13.8. The van der Waals surface area contributed by atoms with Crippen LogP contribution in [-0.2, 0) is 0 Å². The van der Waals surface area contributed by atoms with Gasteiger partial charge >= 0.3 is 0 Å². The maximum Gasteiger partial charge on any atom is 0.0987 e. The van der Waals surface area contributed by atoms with Crippen LogP contribution in [0.3, 0.4) is 0 Å². The van der Waals surface area contributed by atoms with Crippen LogP contribution in [0.2, 0.25) is 0 Å². The van der Waals surface area contributed by atoms with E-state index >= 15 is 0 Å². The lowest BCUT2D eigenvalue weighted by atomic mass is 9.97. The first kappa shape index (κ1) is 11.6. The molecule has 3 heteroatoms. The minimum absolute atomic E-state index is 0.911. The predicted octanol–water partition coefficient (Wildman–Crippen LogP) is 4.48. The first-order valence-corrected chi connectivity index (χ1v) is 7.22. The molecule has 0 aliphatic rings. The van der Waals surface area contributed by atoms with Crippen LogP contribution in [0.4, 0.5) is 0 Å². The van der Waals surface area contributed by atoms with Gasteiger partial charge in [-0.25, -0.2) is 0 Å². The Labute approximate surface area is 126 Å². The molecule has 5 rings (SSSR count). The summed E-state index contributed by atoms with van der Waals surface area (Å²) in [6.45, 7) is 0. The lowest BCUT2D eigenvalue weighted by Crippen LogP contribution is -1.90. The zero-order valence-corrected chi connectivity index (χ0v) is 11.7. The van der Waals surface area contributed by atoms with Gasteiger partial charge in [-0.05, 0) is 22.9 Å². The summed E-state index contributed by atoms with van der Waals surface area (Å²) in [7, 11) is 0. The molecule has 0 unspecified atom stereocenters. The summed E-state index contributed by atoms with van der Waals surface area (Å²) in [6, 6.07) is 16.7. The summed E-state index contributed by atoms with van der Waals surface area (Å²) >= 11 is 0. The second kappa shape index (κ2) is 4.21. The molecule has 3 nitrogen and oxygen atoms in total. The molecule has 0 spiro atoms. The number of pyridine rings is 1. The van der Waals surface area contributed by atoms with Crippen molar-refractivity contribution >= 4 is 43.5 Å². The maximum absolute atomic E-state index is 4.64. The molecule has 22 heavy (non-hydrogen) atoms. The SMILES string of the molecule is c1ccc2c(c1)ccc1c3nccnc3c3cccnc3c21. The number of aromatic nitrogens is 3. The smallest absolute Gasteiger partial charge is 0.0987 e. The quantitative estimate of drug-likeness (QED) is 0.393. The first-order valence-electron chi connectivity index (χ1n) is 7.22. The summed E-state index contributed by atoms with van der Waals surface area (Å²) in [5, 5.41) is 5.73. The van der Waals surface area contributed by atoms with Gasteiger partial charge in [0.15, 0.2) is 0 Å². The lowest BCUT2D eigenvalue weighted by molar-refractivity contribution is 1.31. The van der Waals surface area contributed by atoms with Gasteiger partial charge in [0, 0.05) is 34.7 Å². The highest BCUT2D eigenvalue weighted by Crippen LogP contribution is 2.35. The van der Waals surface area contributed by atoms with Gasteiger partial charge in [-0.2, -0.15) is 0 Å². The Morgan fingerprint density at radius 1 is 0.500 bits per heavy atom. The van der Waals surface area contributed by atoms with Crippen molar-refractivity contribution in [2.24, 2.45) is 0 Å². The normalized spacial score (nSPS) is 11.6. The molecule has 0 bridgehead atoms. The van der Waals surface area contributed by atoms with Gasteiger partial charge in [0.2, 0.25) is 0 Å². The fourth-order valence-corrected chi connectivity index (χ4v) is 3.25. The molecule has 0 N–H and O–H groups in total. The molecule has 5 aromatic rings. The molecule has 0 saturated carbocycles. The van der Waals surface area contributed by atoms with Crippen LogP contribution < -0.4 is 0 Å². The third-order valence-corrected chi connectivity index (χ3v) is 4.18. The molecule has 3 aromatic carbocycles. The van der Waals surface area contributed by atoms with Crippen LogP contribution in [-0.4, -0.2) is 15.0 Å². The highest BCUT2D eigenvalue weighted by molar-refractivity contribution is 6.28. The highest BCUT2D eigenvalue weighted by Gasteiger charge is 2.12. The maximum atomic E-state index is 4.64. The lowest BCUT2D eigenvalue weighted by Gasteiger charge is -2.10. The number of hydrogen-bond donors (Lipinski definition) is 0. The minimum atomic E-state index is 0.911. The van der Waals surface area contributed by atoms with Crippen LogP contribution >= 0.6 is 0 Å². The van der Waals surface area contributed by atoms with E-state index in [9.17, 15) is 0 Å². The van der Waals surface area contributed by atoms with E-state index in [-0.39, 0.29) is 0 Å². The predicted molar refractivity (Wildman–Crippen MR) is 89.9 cm³/mol. The fraction of sp³-hybridized carbons (Fsp3) is 0. The average Bonchev–Trinajstić information content (AvgIpc) is 2.61. The molecule has 0 atom stereocenters. The monoisotopic (exact) mass is 281 g/mol. The molecular formula is C19H11N3. The number of rotatable bonds is 0. The first-order chi connectivity index (χ1) is 10.9. The largest absolute Gasteiger partial charge is 0.256 e. The van der Waals surface area contributed by atoms with Crippen LogP contribution in [0.1, 0.15) is 0 Å². The van der Waals surface area contributed by atoms with Crippen LogP contribution in [0.5, 0.6) is 0 Å². The number of hydrogen-bond acceptors (Lipinski definition) is 3. The number of fused-ring (bicyclic) bond motifs is 8. The van der Waals surface area contributed by atoms with Crippen molar-refractivity contribution < 1.29 is 0 Å². The summed E-state index contributed by atoms with van der Waals surface area (Å²) in [5.74, 6) is 0. The highest BCUT2D eigenvalue weighted by atomic mass is 14.8. The number of benzene rings is 3. The molecule has 2 heterocycles. The van der Waals surface area contributed by atoms with Gasteiger partial charge in [-0.3, -0.25) is 15.0 Å². The van der Waals surface area contributed by atoms with Gasteiger partial charge < -0.3 is 0 Å². The molecule has 0 aliphatic carbocycles. The van der Waals surface area contributed by atoms with E-state index in [4.69, 9.17) is 0 Å². The fourth-order valence-electron chi connectivity index (χ4n) is 3.25. The summed E-state index contributed by atoms with van der Waals surface area (Å²) < 4.78 is 0. The van der Waals surface area contributed by atoms with Crippen molar-refractivity contribution in [2.45, 2.75) is 0 Å². The molecular weight excluding hydrogens is 270 g/mol.